The molecule has 15 heteroatoms. The maximum absolute atomic E-state index is 12.4. The van der Waals surface area contributed by atoms with Crippen LogP contribution in [0.25, 0.3) is 35.3 Å². The van der Waals surface area contributed by atoms with E-state index in [-0.39, 0.29) is 102 Å². The van der Waals surface area contributed by atoms with Crippen LogP contribution in [-0.2, 0) is 31.9 Å². The molecule has 2 aromatic heterocycles. The van der Waals surface area contributed by atoms with Crippen LogP contribution in [0.15, 0.2) is 120 Å². The van der Waals surface area contributed by atoms with Gasteiger partial charge in [-0.05, 0) is 198 Å². The molecule has 6 nitrogen and oxygen atoms in total. The van der Waals surface area contributed by atoms with Crippen LogP contribution in [0.4, 0.5) is 26.3 Å². The Bertz CT molecular complexity index is 2950. The molecule has 8 fully saturated rings. The third kappa shape index (κ3) is 26.7. The van der Waals surface area contributed by atoms with Gasteiger partial charge < -0.3 is 37.1 Å². The van der Waals surface area contributed by atoms with Crippen LogP contribution in [0.3, 0.4) is 0 Å². The summed E-state index contributed by atoms with van der Waals surface area (Å²) in [5.41, 5.74) is 2.34. The molecule has 99 heavy (non-hydrogen) atoms. The number of alkyl halides is 6. The largest absolute Gasteiger partial charge is 1.00 e. The van der Waals surface area contributed by atoms with Crippen LogP contribution in [0.1, 0.15) is 245 Å². The number of unbranched alkanes of at least 4 members (excludes halogenated alkanes) is 18. The molecule has 8 bridgehead atoms. The van der Waals surface area contributed by atoms with Crippen molar-refractivity contribution in [3.8, 4) is 9.79 Å². The number of esters is 2. The monoisotopic (exact) mass is 1480 g/mol. The highest BCUT2D eigenvalue weighted by atomic mass is 79.9. The molecule has 0 aliphatic heterocycles. The molecule has 1 N–H and O–H groups in total. The second kappa shape index (κ2) is 42.5. The first kappa shape index (κ1) is 83.7. The molecule has 0 spiro atoms. The topological polar surface area (TPSA) is 78.7 Å². The van der Waals surface area contributed by atoms with Gasteiger partial charge in [-0.3, -0.25) is 9.59 Å². The lowest BCUT2D eigenvalue weighted by Crippen LogP contribution is -3.00. The highest BCUT2D eigenvalue weighted by molar-refractivity contribution is 7.44. The second-order valence-corrected chi connectivity index (χ2v) is 33.4. The lowest BCUT2D eigenvalue weighted by atomic mass is 9.49. The number of hydrogen-bond acceptors (Lipinski definition) is 5. The van der Waals surface area contributed by atoms with Gasteiger partial charge in [-0.2, -0.15) is 26.3 Å². The summed E-state index contributed by atoms with van der Waals surface area (Å²) < 4.78 is 85.2. The number of nitrogens with zero attached hydrogens (tertiary/aromatic N) is 1. The number of benzene rings is 4. The van der Waals surface area contributed by atoms with E-state index < -0.39 is 25.4 Å². The predicted molar refractivity (Wildman–Crippen MR) is 401 cm³/mol. The lowest BCUT2D eigenvalue weighted by Gasteiger charge is -2.55. The summed E-state index contributed by atoms with van der Waals surface area (Å²) in [7, 11) is 0.262. The van der Waals surface area contributed by atoms with Crippen molar-refractivity contribution in [3.63, 3.8) is 0 Å². The normalized spacial score (nSPS) is 22.5. The van der Waals surface area contributed by atoms with E-state index >= 15 is 0 Å². The van der Waals surface area contributed by atoms with Crippen molar-refractivity contribution in [2.45, 2.75) is 259 Å². The minimum atomic E-state index is -4.27. The fraction of sp³-hybridized carbons (Fsp3) is 0.643. The number of carbonyl (C=O) groups is 2. The van der Waals surface area contributed by atoms with Crippen LogP contribution in [0.5, 0.6) is 0 Å². The van der Waals surface area contributed by atoms with Gasteiger partial charge in [0.15, 0.2) is 19.2 Å². The Hall–Kier alpha value is -4.28. The van der Waals surface area contributed by atoms with E-state index in [9.17, 15) is 35.9 Å². The quantitative estimate of drug-likeness (QED) is 0.0188. The van der Waals surface area contributed by atoms with Crippen LogP contribution in [-0.4, -0.2) is 63.7 Å². The molecule has 2 atom stereocenters. The first-order chi connectivity index (χ1) is 46.5. The predicted octanol–water partition coefficient (Wildman–Crippen LogP) is 22.9. The van der Waals surface area contributed by atoms with Crippen molar-refractivity contribution in [1.82, 2.24) is 5.32 Å². The Kier molecular flexibility index (Phi) is 35.9. The first-order valence-corrected chi connectivity index (χ1v) is 40.1. The van der Waals surface area contributed by atoms with E-state index in [2.05, 4.69) is 144 Å². The molecule has 14 rings (SSSR count). The van der Waals surface area contributed by atoms with Crippen molar-refractivity contribution in [2.75, 3.05) is 39.4 Å². The minimum absolute atomic E-state index is 0. The Morgan fingerprint density at radius 3 is 1.13 bits per heavy atom. The van der Waals surface area contributed by atoms with Crippen molar-refractivity contribution in [1.29, 1.82) is 0 Å². The maximum Gasteiger partial charge on any atom is 0.401 e. The van der Waals surface area contributed by atoms with E-state index in [1.807, 2.05) is 0 Å². The first-order valence-electron chi connectivity index (χ1n) is 37.5. The summed E-state index contributed by atoms with van der Waals surface area (Å²) in [6, 6.07) is 40.9. The molecule has 2 heterocycles. The Labute approximate surface area is 608 Å². The number of fused-ring (bicyclic) bond motifs is 2. The van der Waals surface area contributed by atoms with Gasteiger partial charge >= 0.3 is 24.3 Å². The molecule has 4 aromatic carbocycles. The summed E-state index contributed by atoms with van der Waals surface area (Å²) in [5, 5.41) is 13.1. The molecule has 8 aliphatic carbocycles. The molecular weight excluding hydrogens is 1360 g/mol. The van der Waals surface area contributed by atoms with Gasteiger partial charge in [0.1, 0.15) is 17.4 Å². The van der Waals surface area contributed by atoms with Crippen molar-refractivity contribution in [2.24, 2.45) is 46.3 Å². The van der Waals surface area contributed by atoms with Crippen molar-refractivity contribution < 1.29 is 62.4 Å². The molecular formula is C84H121BrF6N2O4S2. The van der Waals surface area contributed by atoms with E-state index in [1.165, 1.54) is 221 Å². The van der Waals surface area contributed by atoms with Gasteiger partial charge in [-0.15, -0.1) is 6.54 Å². The van der Waals surface area contributed by atoms with Gasteiger partial charge in [-0.1, -0.05) is 199 Å². The highest BCUT2D eigenvalue weighted by Gasteiger charge is 2.57. The molecule has 6 aromatic rings. The van der Waals surface area contributed by atoms with E-state index in [1.54, 1.807) is 0 Å². The SMILES string of the molecule is C.C.CCCCCCCCCCCCc1ccc(-[s+]2ccc3ccccc32)cc1.CCCCCCCCCCCCc1ccc(-[s+]2ccc3ccccc32)cc1.O=C(OCCNCC(F)(F)F)C12CC3CC(CC(C3)C1)C2.O=C(OCC[N-]CC(F)(F)F)C12CC3CC(CC(C3)C1)C2.[Br-]. The summed E-state index contributed by atoms with van der Waals surface area (Å²) in [6.07, 6.45) is 35.2. The van der Waals surface area contributed by atoms with E-state index in [0.29, 0.717) is 35.5 Å². The zero-order chi connectivity index (χ0) is 67.6. The summed E-state index contributed by atoms with van der Waals surface area (Å²) in [6.45, 7) is 2.35. The Morgan fingerprint density at radius 2 is 0.788 bits per heavy atom. The molecule has 0 radical (unpaired) electrons. The number of rotatable bonds is 34. The van der Waals surface area contributed by atoms with Crippen LogP contribution < -0.4 is 22.3 Å². The third-order valence-corrected chi connectivity index (χ3v) is 25.7. The summed E-state index contributed by atoms with van der Waals surface area (Å²) >= 11 is 0. The number of hydrogen-bond donors (Lipinski definition) is 1. The van der Waals surface area contributed by atoms with Crippen LogP contribution in [0.2, 0.25) is 0 Å². The molecule has 552 valence electrons. The number of aryl methyl sites for hydroxylation is 2. The van der Waals surface area contributed by atoms with E-state index in [0.717, 1.165) is 38.5 Å². The van der Waals surface area contributed by atoms with Crippen LogP contribution >= 0.6 is 20.9 Å². The lowest BCUT2D eigenvalue weighted by molar-refractivity contribution is -0.172. The van der Waals surface area contributed by atoms with Crippen LogP contribution in [0, 0.1) is 46.3 Å². The zero-order valence-electron chi connectivity index (χ0n) is 58.3. The standard InChI is InChI=1S/2C26H35S.C15H22F3NO2.C15H21F3NO2.2CH4.BrH/c2*1-2-3-4-5-6-7-8-9-10-11-14-23-17-19-25(20-18-23)27-22-21-24-15-12-13-16-26(24)27;2*16-15(17,18)9-19-1-2-21-13(20)14-6-10-3-11(7-14)5-12(4-10)8-14;;;/h2*12-13,15-22H,2-11,14H2,1H3;10-12,19H,1-9H2;10-12H,1-9H2;2*1H4;1H/q2*+1;;-1;;;/p-1. The molecule has 0 amide bonds. The van der Waals surface area contributed by atoms with Gasteiger partial charge in [0, 0.05) is 50.4 Å². The third-order valence-electron chi connectivity index (χ3n) is 21.6. The number of ether oxygens (including phenoxy) is 2. The molecule has 8 aliphatic rings. The number of halogens is 7. The van der Waals surface area contributed by atoms with Gasteiger partial charge in [0.2, 0.25) is 0 Å². The van der Waals surface area contributed by atoms with E-state index in [4.69, 9.17) is 9.47 Å². The Morgan fingerprint density at radius 1 is 0.455 bits per heavy atom. The maximum atomic E-state index is 12.4. The molecule has 8 saturated carbocycles. The van der Waals surface area contributed by atoms with Gasteiger partial charge in [0.25, 0.3) is 0 Å². The van der Waals surface area contributed by atoms with Crippen molar-refractivity contribution >= 4 is 53.1 Å². The summed E-state index contributed by atoms with van der Waals surface area (Å²) in [5.74, 6) is 3.57. The summed E-state index contributed by atoms with van der Waals surface area (Å²) in [4.78, 5) is 27.6. The Balaban J connectivity index is 0.000000207. The molecule has 2 unspecified atom stereocenters. The van der Waals surface area contributed by atoms with Gasteiger partial charge in [-0.25, -0.2) is 0 Å². The number of carbonyl (C=O) groups excluding carboxylic acids is 2. The average molecular weight is 1480 g/mol. The van der Waals surface area contributed by atoms with Gasteiger partial charge in [0.05, 0.1) is 24.0 Å². The average Bonchev–Trinajstić information content (AvgIpc) is 1.48. The number of thiophene rings is 2. The smallest absolute Gasteiger partial charge is 0.401 e. The fourth-order valence-corrected chi connectivity index (χ4v) is 21.4. The number of nitrogens with one attached hydrogen (secondary N) is 1. The fourth-order valence-electron chi connectivity index (χ4n) is 17.6. The second-order valence-electron chi connectivity index (χ2n) is 29.7. The minimum Gasteiger partial charge on any atom is -1.00 e. The molecule has 0 saturated heterocycles. The highest BCUT2D eigenvalue weighted by Crippen LogP contribution is 2.62. The van der Waals surface area contributed by atoms with Crippen molar-refractivity contribution in [3.05, 3.63) is 136 Å². The zero-order valence-corrected chi connectivity index (χ0v) is 61.6.